The third-order valence-electron chi connectivity index (χ3n) is 5.35. The Hall–Kier alpha value is -2.88. The number of hydrogen-bond donors (Lipinski definition) is 2. The first-order valence-corrected chi connectivity index (χ1v) is 10.5. The summed E-state index contributed by atoms with van der Waals surface area (Å²) in [6, 6.07) is 5.50. The molecule has 1 atom stereocenters. The van der Waals surface area contributed by atoms with Crippen LogP contribution in [0.2, 0.25) is 0 Å². The highest BCUT2D eigenvalue weighted by atomic mass is 19.4. The first-order valence-electron chi connectivity index (χ1n) is 10.5. The van der Waals surface area contributed by atoms with Crippen molar-refractivity contribution in [2.45, 2.75) is 58.0 Å². The van der Waals surface area contributed by atoms with E-state index in [4.69, 9.17) is 0 Å². The fourth-order valence-corrected chi connectivity index (χ4v) is 3.90. The largest absolute Gasteiger partial charge is 0.416 e. The zero-order valence-corrected chi connectivity index (χ0v) is 18.5. The van der Waals surface area contributed by atoms with Crippen molar-refractivity contribution in [1.29, 1.82) is 0 Å². The number of imidazole rings is 1. The van der Waals surface area contributed by atoms with Crippen LogP contribution in [-0.4, -0.2) is 48.9 Å². The van der Waals surface area contributed by atoms with Gasteiger partial charge in [-0.15, -0.1) is 0 Å². The number of halogens is 3. The van der Waals surface area contributed by atoms with Gasteiger partial charge < -0.3 is 19.9 Å². The summed E-state index contributed by atoms with van der Waals surface area (Å²) in [6.45, 7) is 8.63. The van der Waals surface area contributed by atoms with Gasteiger partial charge >= 0.3 is 6.18 Å². The molecular formula is C22H27F3N6O. The molecule has 10 heteroatoms. The van der Waals surface area contributed by atoms with E-state index in [1.807, 2.05) is 25.7 Å². The minimum absolute atomic E-state index is 0.0324. The highest BCUT2D eigenvalue weighted by Gasteiger charge is 2.35. The summed E-state index contributed by atoms with van der Waals surface area (Å²) in [6.07, 6.45) is -2.38. The van der Waals surface area contributed by atoms with E-state index in [0.717, 1.165) is 6.07 Å². The minimum Gasteiger partial charge on any atom is -0.388 e. The van der Waals surface area contributed by atoms with Crippen molar-refractivity contribution >= 4 is 22.9 Å². The summed E-state index contributed by atoms with van der Waals surface area (Å²) in [5, 5.41) is 13.7. The number of benzene rings is 1. The van der Waals surface area contributed by atoms with Gasteiger partial charge in [-0.3, -0.25) is 0 Å². The van der Waals surface area contributed by atoms with E-state index in [-0.39, 0.29) is 17.6 Å². The Balaban J connectivity index is 1.81. The molecule has 1 saturated heterocycles. The number of anilines is 2. The van der Waals surface area contributed by atoms with Crippen LogP contribution in [0.3, 0.4) is 0 Å². The maximum absolute atomic E-state index is 13.5. The molecule has 1 aromatic carbocycles. The van der Waals surface area contributed by atoms with Crippen molar-refractivity contribution in [3.05, 3.63) is 41.7 Å². The molecule has 0 spiro atoms. The van der Waals surface area contributed by atoms with Gasteiger partial charge in [0, 0.05) is 18.6 Å². The first kappa shape index (κ1) is 22.3. The van der Waals surface area contributed by atoms with Gasteiger partial charge in [0.1, 0.15) is 0 Å². The normalized spacial score (nSPS) is 19.7. The second-order valence-corrected chi connectivity index (χ2v) is 9.61. The molecule has 32 heavy (non-hydrogen) atoms. The van der Waals surface area contributed by atoms with Crippen LogP contribution in [0, 0.1) is 0 Å². The van der Waals surface area contributed by atoms with Crippen molar-refractivity contribution in [2.75, 3.05) is 23.3 Å². The van der Waals surface area contributed by atoms with Gasteiger partial charge in [0.25, 0.3) is 0 Å². The Morgan fingerprint density at radius 1 is 1.16 bits per heavy atom. The molecular weight excluding hydrogens is 421 g/mol. The number of alkyl halides is 3. The maximum Gasteiger partial charge on any atom is 0.416 e. The van der Waals surface area contributed by atoms with E-state index in [2.05, 4.69) is 20.3 Å². The predicted molar refractivity (Wildman–Crippen MR) is 117 cm³/mol. The number of hydrogen-bond acceptors (Lipinski definition) is 6. The summed E-state index contributed by atoms with van der Waals surface area (Å²) in [5.74, 6) is 0.916. The summed E-state index contributed by atoms with van der Waals surface area (Å²) in [4.78, 5) is 15.6. The van der Waals surface area contributed by atoms with Crippen LogP contribution >= 0.6 is 0 Å². The van der Waals surface area contributed by atoms with Crippen LogP contribution in [-0.2, 0) is 12.7 Å². The standard InChI is InChI=1S/C22H27F3N6O/c1-20(2,3)29-19-27-17(30-10-9-21(4,32)12-30)16-18(28-19)31(13-26-16)11-14-7-5-6-8-15(14)22(23,24)25/h5-8,13,32H,9-12H2,1-4H3,(H,27,28,29). The Kier molecular flexibility index (Phi) is 5.31. The summed E-state index contributed by atoms with van der Waals surface area (Å²) < 4.78 is 42.1. The van der Waals surface area contributed by atoms with E-state index in [0.29, 0.717) is 42.4 Å². The van der Waals surface area contributed by atoms with Gasteiger partial charge in [-0.05, 0) is 45.7 Å². The molecule has 2 N–H and O–H groups in total. The lowest BCUT2D eigenvalue weighted by atomic mass is 10.1. The Morgan fingerprint density at radius 3 is 2.50 bits per heavy atom. The molecule has 172 valence electrons. The predicted octanol–water partition coefficient (Wildman–Crippen LogP) is 4.06. The van der Waals surface area contributed by atoms with Crippen LogP contribution in [0.1, 0.15) is 45.2 Å². The van der Waals surface area contributed by atoms with E-state index in [1.165, 1.54) is 18.5 Å². The summed E-state index contributed by atoms with van der Waals surface area (Å²) >= 11 is 0. The molecule has 1 unspecified atom stereocenters. The molecule has 0 saturated carbocycles. The van der Waals surface area contributed by atoms with Crippen molar-refractivity contribution < 1.29 is 18.3 Å². The minimum atomic E-state index is -4.45. The average molecular weight is 448 g/mol. The van der Waals surface area contributed by atoms with Crippen molar-refractivity contribution in [1.82, 2.24) is 19.5 Å². The molecule has 3 heterocycles. The number of aromatic nitrogens is 4. The highest BCUT2D eigenvalue weighted by molar-refractivity contribution is 5.85. The smallest absolute Gasteiger partial charge is 0.388 e. The van der Waals surface area contributed by atoms with E-state index >= 15 is 0 Å². The fraction of sp³-hybridized carbons (Fsp3) is 0.500. The number of β-amino-alcohol motifs (C(OH)–C–C–N with tert-alkyl or cyclic N) is 1. The maximum atomic E-state index is 13.5. The third-order valence-corrected chi connectivity index (χ3v) is 5.35. The van der Waals surface area contributed by atoms with Crippen LogP contribution < -0.4 is 10.2 Å². The molecule has 1 aliphatic heterocycles. The fourth-order valence-electron chi connectivity index (χ4n) is 3.90. The zero-order valence-electron chi connectivity index (χ0n) is 18.5. The number of fused-ring (bicyclic) bond motifs is 1. The van der Waals surface area contributed by atoms with Gasteiger partial charge in [-0.1, -0.05) is 18.2 Å². The lowest BCUT2D eigenvalue weighted by Gasteiger charge is -2.24. The summed E-state index contributed by atoms with van der Waals surface area (Å²) in [5.41, 5.74) is -0.788. The van der Waals surface area contributed by atoms with E-state index < -0.39 is 17.3 Å². The lowest BCUT2D eigenvalue weighted by Crippen LogP contribution is -2.31. The molecule has 2 aromatic heterocycles. The number of aliphatic hydroxyl groups is 1. The van der Waals surface area contributed by atoms with Gasteiger partial charge in [0.15, 0.2) is 17.0 Å². The molecule has 3 aromatic rings. The van der Waals surface area contributed by atoms with Gasteiger partial charge in [-0.25, -0.2) is 4.98 Å². The first-order chi connectivity index (χ1) is 14.8. The second-order valence-electron chi connectivity index (χ2n) is 9.61. The number of rotatable bonds is 4. The molecule has 1 aliphatic rings. The van der Waals surface area contributed by atoms with Crippen LogP contribution in [0.15, 0.2) is 30.6 Å². The van der Waals surface area contributed by atoms with Crippen LogP contribution in [0.25, 0.3) is 11.2 Å². The quantitative estimate of drug-likeness (QED) is 0.627. The lowest BCUT2D eigenvalue weighted by molar-refractivity contribution is -0.138. The molecule has 0 aliphatic carbocycles. The van der Waals surface area contributed by atoms with Gasteiger partial charge in [0.05, 0.1) is 24.0 Å². The molecule has 0 bridgehead atoms. The van der Waals surface area contributed by atoms with Gasteiger partial charge in [0.2, 0.25) is 5.95 Å². The summed E-state index contributed by atoms with van der Waals surface area (Å²) in [7, 11) is 0. The Bertz CT molecular complexity index is 1130. The average Bonchev–Trinajstić information content (AvgIpc) is 3.22. The van der Waals surface area contributed by atoms with Gasteiger partial charge in [-0.2, -0.15) is 23.1 Å². The third kappa shape index (κ3) is 4.64. The molecule has 1 fully saturated rings. The SMILES string of the molecule is CC1(O)CCN(c2nc(NC(C)(C)C)nc3c2ncn3Cc2ccccc2C(F)(F)F)C1. The topological polar surface area (TPSA) is 79.1 Å². The number of nitrogens with zero attached hydrogens (tertiary/aromatic N) is 5. The molecule has 7 nitrogen and oxygen atoms in total. The van der Waals surface area contributed by atoms with Crippen molar-refractivity contribution in [3.8, 4) is 0 Å². The monoisotopic (exact) mass is 448 g/mol. The second kappa shape index (κ2) is 7.61. The van der Waals surface area contributed by atoms with E-state index in [9.17, 15) is 18.3 Å². The van der Waals surface area contributed by atoms with Crippen LogP contribution in [0.4, 0.5) is 24.9 Å². The molecule has 4 rings (SSSR count). The van der Waals surface area contributed by atoms with E-state index in [1.54, 1.807) is 17.6 Å². The van der Waals surface area contributed by atoms with Crippen molar-refractivity contribution in [3.63, 3.8) is 0 Å². The molecule has 0 amide bonds. The number of nitrogens with one attached hydrogen (secondary N) is 1. The van der Waals surface area contributed by atoms with Crippen molar-refractivity contribution in [2.24, 2.45) is 0 Å². The highest BCUT2D eigenvalue weighted by Crippen LogP contribution is 2.34. The zero-order chi connectivity index (χ0) is 23.3. The molecule has 0 radical (unpaired) electrons. The Labute approximate surface area is 184 Å². The van der Waals surface area contributed by atoms with Crippen LogP contribution in [0.5, 0.6) is 0 Å². The Morgan fingerprint density at radius 2 is 1.88 bits per heavy atom.